The van der Waals surface area contributed by atoms with Gasteiger partial charge in [0.15, 0.2) is 23.3 Å². The molecule has 0 heterocycles. The highest BCUT2D eigenvalue weighted by Crippen LogP contribution is 2.25. The van der Waals surface area contributed by atoms with E-state index in [0.29, 0.717) is 23.6 Å². The fourth-order valence-electron chi connectivity index (χ4n) is 2.44. The molecule has 1 atom stereocenters. The second-order valence-electron chi connectivity index (χ2n) is 6.11. The summed E-state index contributed by atoms with van der Waals surface area (Å²) in [6, 6.07) is 5.59. The molecule has 1 unspecified atom stereocenters. The summed E-state index contributed by atoms with van der Waals surface area (Å²) in [5.41, 5.74) is -0.950. The van der Waals surface area contributed by atoms with Gasteiger partial charge in [-0.1, -0.05) is 23.7 Å². The highest BCUT2D eigenvalue weighted by Gasteiger charge is 2.30. The standard InChI is InChI=1S/C18H16ClF5N2O/c1-26(2)8-7-11(9-3-5-10(19)6-4-9)25-18(27)12-13(20)15(22)17(24)16(23)14(12)21/h3-6,11H,7-8H2,1-2H3,(H,25,27). The Morgan fingerprint density at radius 1 is 0.963 bits per heavy atom. The van der Waals surface area contributed by atoms with Crippen LogP contribution in [0.3, 0.4) is 0 Å². The molecule has 1 N–H and O–H groups in total. The summed E-state index contributed by atoms with van der Waals surface area (Å²) in [4.78, 5) is 14.1. The van der Waals surface area contributed by atoms with Crippen LogP contribution < -0.4 is 5.32 Å². The van der Waals surface area contributed by atoms with Crippen LogP contribution in [0.25, 0.3) is 0 Å². The molecule has 2 rings (SSSR count). The molecule has 0 aliphatic rings. The molecular weight excluding hydrogens is 391 g/mol. The lowest BCUT2D eigenvalue weighted by atomic mass is 10.0. The minimum absolute atomic E-state index is 0.329. The summed E-state index contributed by atoms with van der Waals surface area (Å²) in [7, 11) is 3.57. The molecule has 0 bridgehead atoms. The number of hydrogen-bond acceptors (Lipinski definition) is 2. The third-order valence-electron chi connectivity index (χ3n) is 3.88. The molecule has 0 saturated carbocycles. The van der Waals surface area contributed by atoms with Crippen LogP contribution in [-0.2, 0) is 0 Å². The second kappa shape index (κ2) is 8.67. The van der Waals surface area contributed by atoms with Gasteiger partial charge in [-0.2, -0.15) is 0 Å². The SMILES string of the molecule is CN(C)CCC(NC(=O)c1c(F)c(F)c(F)c(F)c1F)c1ccc(Cl)cc1. The number of nitrogens with one attached hydrogen (secondary N) is 1. The van der Waals surface area contributed by atoms with E-state index in [1.807, 2.05) is 4.90 Å². The summed E-state index contributed by atoms with van der Waals surface area (Å²) < 4.78 is 67.6. The van der Waals surface area contributed by atoms with Crippen molar-refractivity contribution in [3.05, 3.63) is 69.5 Å². The molecule has 0 aliphatic heterocycles. The van der Waals surface area contributed by atoms with Crippen molar-refractivity contribution < 1.29 is 26.7 Å². The predicted octanol–water partition coefficient (Wildman–Crippen LogP) is 4.46. The van der Waals surface area contributed by atoms with E-state index in [4.69, 9.17) is 11.6 Å². The number of carbonyl (C=O) groups excluding carboxylic acids is 1. The minimum atomic E-state index is -2.32. The van der Waals surface area contributed by atoms with Crippen molar-refractivity contribution in [2.45, 2.75) is 12.5 Å². The van der Waals surface area contributed by atoms with E-state index < -0.39 is 46.6 Å². The molecule has 2 aromatic carbocycles. The van der Waals surface area contributed by atoms with Gasteiger partial charge in [-0.05, 0) is 44.8 Å². The van der Waals surface area contributed by atoms with Crippen LogP contribution in [0.15, 0.2) is 24.3 Å². The Labute approximate surface area is 157 Å². The Morgan fingerprint density at radius 3 is 1.93 bits per heavy atom. The Hall–Kier alpha value is -2.19. The first kappa shape index (κ1) is 21.1. The van der Waals surface area contributed by atoms with Gasteiger partial charge in [-0.15, -0.1) is 0 Å². The molecule has 1 amide bonds. The third-order valence-corrected chi connectivity index (χ3v) is 4.13. The van der Waals surface area contributed by atoms with Gasteiger partial charge in [0.2, 0.25) is 5.82 Å². The Kier molecular flexibility index (Phi) is 6.78. The van der Waals surface area contributed by atoms with Crippen molar-refractivity contribution in [1.82, 2.24) is 10.2 Å². The van der Waals surface area contributed by atoms with Crippen molar-refractivity contribution in [2.24, 2.45) is 0 Å². The lowest BCUT2D eigenvalue weighted by Crippen LogP contribution is -2.32. The van der Waals surface area contributed by atoms with Crippen LogP contribution in [0.5, 0.6) is 0 Å². The van der Waals surface area contributed by atoms with Crippen LogP contribution in [0.1, 0.15) is 28.4 Å². The van der Waals surface area contributed by atoms with Crippen molar-refractivity contribution in [1.29, 1.82) is 0 Å². The predicted molar refractivity (Wildman–Crippen MR) is 91.1 cm³/mol. The number of hydrogen-bond donors (Lipinski definition) is 1. The van der Waals surface area contributed by atoms with E-state index in [2.05, 4.69) is 5.32 Å². The zero-order valence-corrected chi connectivity index (χ0v) is 15.2. The van der Waals surface area contributed by atoms with Crippen molar-refractivity contribution in [3.8, 4) is 0 Å². The van der Waals surface area contributed by atoms with Gasteiger partial charge in [0.25, 0.3) is 5.91 Å². The van der Waals surface area contributed by atoms with Gasteiger partial charge in [0.05, 0.1) is 6.04 Å². The van der Waals surface area contributed by atoms with Crippen LogP contribution >= 0.6 is 11.6 Å². The molecule has 3 nitrogen and oxygen atoms in total. The van der Waals surface area contributed by atoms with Gasteiger partial charge in [-0.25, -0.2) is 22.0 Å². The summed E-state index contributed by atoms with van der Waals surface area (Å²) in [5, 5.41) is 2.78. The second-order valence-corrected chi connectivity index (χ2v) is 6.55. The number of nitrogens with zero attached hydrogens (tertiary/aromatic N) is 1. The number of halogens is 6. The first-order chi connectivity index (χ1) is 12.6. The summed E-state index contributed by atoms with van der Waals surface area (Å²) in [6.07, 6.45) is 0.329. The highest BCUT2D eigenvalue weighted by molar-refractivity contribution is 6.30. The molecule has 0 fully saturated rings. The fourth-order valence-corrected chi connectivity index (χ4v) is 2.57. The Bertz CT molecular complexity index is 814. The van der Waals surface area contributed by atoms with Crippen LogP contribution in [0.2, 0.25) is 5.02 Å². The normalized spacial score (nSPS) is 12.3. The van der Waals surface area contributed by atoms with Crippen molar-refractivity contribution in [3.63, 3.8) is 0 Å². The van der Waals surface area contributed by atoms with Gasteiger partial charge in [0, 0.05) is 5.02 Å². The number of rotatable bonds is 6. The van der Waals surface area contributed by atoms with Crippen molar-refractivity contribution >= 4 is 17.5 Å². The molecule has 146 valence electrons. The first-order valence-electron chi connectivity index (χ1n) is 7.86. The molecule has 0 radical (unpaired) electrons. The zero-order valence-electron chi connectivity index (χ0n) is 14.4. The molecule has 0 saturated heterocycles. The van der Waals surface area contributed by atoms with Crippen LogP contribution in [0.4, 0.5) is 22.0 Å². The first-order valence-corrected chi connectivity index (χ1v) is 8.23. The molecule has 2 aromatic rings. The van der Waals surface area contributed by atoms with E-state index in [-0.39, 0.29) is 0 Å². The molecule has 27 heavy (non-hydrogen) atoms. The van der Waals surface area contributed by atoms with E-state index in [1.165, 1.54) is 0 Å². The van der Waals surface area contributed by atoms with Gasteiger partial charge < -0.3 is 10.2 Å². The lowest BCUT2D eigenvalue weighted by molar-refractivity contribution is 0.0921. The van der Waals surface area contributed by atoms with E-state index in [0.717, 1.165) is 0 Å². The molecular formula is C18H16ClF5N2O. The van der Waals surface area contributed by atoms with Gasteiger partial charge in [-0.3, -0.25) is 4.79 Å². The molecule has 9 heteroatoms. The number of amides is 1. The monoisotopic (exact) mass is 406 g/mol. The van der Waals surface area contributed by atoms with E-state index in [1.54, 1.807) is 38.4 Å². The average Bonchev–Trinajstić information content (AvgIpc) is 2.62. The van der Waals surface area contributed by atoms with Gasteiger partial charge >= 0.3 is 0 Å². The van der Waals surface area contributed by atoms with E-state index >= 15 is 0 Å². The van der Waals surface area contributed by atoms with Crippen LogP contribution in [0, 0.1) is 29.1 Å². The maximum Gasteiger partial charge on any atom is 0.257 e. The largest absolute Gasteiger partial charge is 0.345 e. The third kappa shape index (κ3) is 4.75. The summed E-state index contributed by atoms with van der Waals surface area (Å²) in [6.45, 7) is 0.491. The molecule has 0 aromatic heterocycles. The lowest BCUT2D eigenvalue weighted by Gasteiger charge is -2.22. The maximum absolute atomic E-state index is 13.9. The highest BCUT2D eigenvalue weighted by atomic mass is 35.5. The minimum Gasteiger partial charge on any atom is -0.345 e. The smallest absolute Gasteiger partial charge is 0.257 e. The van der Waals surface area contributed by atoms with E-state index in [9.17, 15) is 26.7 Å². The topological polar surface area (TPSA) is 32.3 Å². The molecule has 0 aliphatic carbocycles. The van der Waals surface area contributed by atoms with Gasteiger partial charge in [0.1, 0.15) is 5.56 Å². The fraction of sp³-hybridized carbons (Fsp3) is 0.278. The summed E-state index contributed by atoms with van der Waals surface area (Å²) in [5.74, 6) is -12.4. The summed E-state index contributed by atoms with van der Waals surface area (Å²) >= 11 is 5.82. The average molecular weight is 407 g/mol. The number of benzene rings is 2. The quantitative estimate of drug-likeness (QED) is 0.436. The maximum atomic E-state index is 13.9. The zero-order chi connectivity index (χ0) is 20.3. The Balaban J connectivity index is 2.37. The molecule has 0 spiro atoms. The Morgan fingerprint density at radius 2 is 1.44 bits per heavy atom. The van der Waals surface area contributed by atoms with Crippen LogP contribution in [-0.4, -0.2) is 31.4 Å². The van der Waals surface area contributed by atoms with Crippen molar-refractivity contribution in [2.75, 3.05) is 20.6 Å². The number of carbonyl (C=O) groups is 1.